The fourth-order valence-electron chi connectivity index (χ4n) is 1.95. The monoisotopic (exact) mass is 312 g/mol. The normalized spacial score (nSPS) is 12.4. The third-order valence-corrected chi connectivity index (χ3v) is 3.63. The van der Waals surface area contributed by atoms with Crippen LogP contribution in [0.15, 0.2) is 22.7 Å². The summed E-state index contributed by atoms with van der Waals surface area (Å²) in [6, 6.07) is 5.25. The first-order chi connectivity index (χ1) is 9.51. The molecular formula is C14H14Cl2N2O2. The van der Waals surface area contributed by atoms with Gasteiger partial charge in [0.05, 0.1) is 5.92 Å². The molecule has 1 unspecified atom stereocenters. The van der Waals surface area contributed by atoms with Gasteiger partial charge in [-0.1, -0.05) is 41.3 Å². The van der Waals surface area contributed by atoms with Gasteiger partial charge in [-0.25, -0.2) is 0 Å². The lowest BCUT2D eigenvalue weighted by atomic mass is 10.0. The molecule has 1 heterocycles. The van der Waals surface area contributed by atoms with Crippen LogP contribution < -0.4 is 0 Å². The van der Waals surface area contributed by atoms with Gasteiger partial charge in [0.25, 0.3) is 0 Å². The molecule has 2 rings (SSSR count). The summed E-state index contributed by atoms with van der Waals surface area (Å²) < 4.78 is 5.16. The van der Waals surface area contributed by atoms with Crippen LogP contribution >= 0.6 is 23.2 Å². The molecule has 106 valence electrons. The Balaban J connectivity index is 2.19. The number of rotatable bonds is 5. The van der Waals surface area contributed by atoms with E-state index in [1.807, 2.05) is 13.0 Å². The summed E-state index contributed by atoms with van der Waals surface area (Å²) in [6.45, 7) is 3.43. The lowest BCUT2D eigenvalue weighted by Crippen LogP contribution is -2.08. The number of nitrogens with zero attached hydrogens (tertiary/aromatic N) is 2. The number of ketones is 1. The van der Waals surface area contributed by atoms with E-state index in [4.69, 9.17) is 27.7 Å². The van der Waals surface area contributed by atoms with Gasteiger partial charge in [-0.2, -0.15) is 4.98 Å². The predicted molar refractivity (Wildman–Crippen MR) is 77.3 cm³/mol. The van der Waals surface area contributed by atoms with Crippen molar-refractivity contribution in [2.75, 3.05) is 0 Å². The van der Waals surface area contributed by atoms with Gasteiger partial charge in [0.15, 0.2) is 5.82 Å². The lowest BCUT2D eigenvalue weighted by Gasteiger charge is -2.03. The molecule has 1 aromatic carbocycles. The highest BCUT2D eigenvalue weighted by Crippen LogP contribution is 2.24. The van der Waals surface area contributed by atoms with Gasteiger partial charge in [-0.15, -0.1) is 0 Å². The third-order valence-electron chi connectivity index (χ3n) is 3.04. The number of carbonyl (C=O) groups excluding carboxylic acids is 1. The van der Waals surface area contributed by atoms with Crippen molar-refractivity contribution in [3.05, 3.63) is 45.5 Å². The molecule has 0 amide bonds. The quantitative estimate of drug-likeness (QED) is 0.835. The Bertz CT molecular complexity index is 625. The second-order valence-electron chi connectivity index (χ2n) is 4.53. The average molecular weight is 313 g/mol. The summed E-state index contributed by atoms with van der Waals surface area (Å²) in [5.41, 5.74) is 0.860. The maximum atomic E-state index is 11.5. The highest BCUT2D eigenvalue weighted by atomic mass is 35.5. The van der Waals surface area contributed by atoms with Crippen LogP contribution in [0, 0.1) is 0 Å². The minimum Gasteiger partial charge on any atom is -0.339 e. The first-order valence-electron chi connectivity index (χ1n) is 6.28. The second-order valence-corrected chi connectivity index (χ2v) is 5.38. The maximum Gasteiger partial charge on any atom is 0.237 e. The molecular weight excluding hydrogens is 299 g/mol. The molecule has 0 spiro atoms. The van der Waals surface area contributed by atoms with Gasteiger partial charge in [-0.05, 0) is 31.0 Å². The molecule has 0 bridgehead atoms. The van der Waals surface area contributed by atoms with Crippen molar-refractivity contribution in [1.82, 2.24) is 10.1 Å². The number of Topliss-reactive ketones (excluding diaryl/α,β-unsaturated/α-hetero) is 1. The maximum absolute atomic E-state index is 11.5. The number of hydrogen-bond acceptors (Lipinski definition) is 4. The van der Waals surface area contributed by atoms with Crippen LogP contribution in [-0.4, -0.2) is 15.9 Å². The summed E-state index contributed by atoms with van der Waals surface area (Å²) in [5, 5.41) is 5.03. The highest BCUT2D eigenvalue weighted by Gasteiger charge is 2.21. The summed E-state index contributed by atoms with van der Waals surface area (Å²) in [5.74, 6) is 0.549. The fraction of sp³-hybridized carbons (Fsp3) is 0.357. The van der Waals surface area contributed by atoms with Crippen LogP contribution in [0.2, 0.25) is 10.0 Å². The van der Waals surface area contributed by atoms with Crippen molar-refractivity contribution < 1.29 is 9.32 Å². The van der Waals surface area contributed by atoms with Crippen molar-refractivity contribution in [3.63, 3.8) is 0 Å². The SMILES string of the molecule is CCC(C(C)=O)c1nc(Cc2ccc(Cl)cc2Cl)no1. The smallest absolute Gasteiger partial charge is 0.237 e. The Morgan fingerprint density at radius 2 is 2.15 bits per heavy atom. The van der Waals surface area contributed by atoms with E-state index in [1.54, 1.807) is 12.1 Å². The number of hydrogen-bond donors (Lipinski definition) is 0. The van der Waals surface area contributed by atoms with Gasteiger partial charge in [-0.3, -0.25) is 4.79 Å². The van der Waals surface area contributed by atoms with Crippen LogP contribution in [0.25, 0.3) is 0 Å². The Kier molecular flexibility index (Phi) is 4.78. The molecule has 2 aromatic rings. The molecule has 1 aromatic heterocycles. The number of carbonyl (C=O) groups is 1. The zero-order valence-corrected chi connectivity index (χ0v) is 12.7. The number of halogens is 2. The van der Waals surface area contributed by atoms with Gasteiger partial charge >= 0.3 is 0 Å². The van der Waals surface area contributed by atoms with Crippen molar-refractivity contribution in [3.8, 4) is 0 Å². The molecule has 0 aliphatic heterocycles. The summed E-state index contributed by atoms with van der Waals surface area (Å²) in [7, 11) is 0. The topological polar surface area (TPSA) is 56.0 Å². The number of benzene rings is 1. The highest BCUT2D eigenvalue weighted by molar-refractivity contribution is 6.35. The summed E-state index contributed by atoms with van der Waals surface area (Å²) >= 11 is 11.9. The number of aromatic nitrogens is 2. The largest absolute Gasteiger partial charge is 0.339 e. The van der Waals surface area contributed by atoms with E-state index >= 15 is 0 Å². The van der Waals surface area contributed by atoms with E-state index in [1.165, 1.54) is 6.92 Å². The van der Waals surface area contributed by atoms with Crippen molar-refractivity contribution in [1.29, 1.82) is 0 Å². The van der Waals surface area contributed by atoms with Gasteiger partial charge in [0.1, 0.15) is 5.78 Å². The van der Waals surface area contributed by atoms with Crippen LogP contribution in [0.1, 0.15) is 43.5 Å². The molecule has 20 heavy (non-hydrogen) atoms. The van der Waals surface area contributed by atoms with Crippen LogP contribution in [-0.2, 0) is 11.2 Å². The Morgan fingerprint density at radius 1 is 1.40 bits per heavy atom. The molecule has 6 heteroatoms. The zero-order valence-electron chi connectivity index (χ0n) is 11.2. The molecule has 0 aliphatic carbocycles. The van der Waals surface area contributed by atoms with Gasteiger partial charge in [0.2, 0.25) is 5.89 Å². The van der Waals surface area contributed by atoms with Crippen LogP contribution in [0.5, 0.6) is 0 Å². The van der Waals surface area contributed by atoms with Crippen LogP contribution in [0.4, 0.5) is 0 Å². The second kappa shape index (κ2) is 6.37. The van der Waals surface area contributed by atoms with E-state index in [2.05, 4.69) is 10.1 Å². The first kappa shape index (κ1) is 15.0. The van der Waals surface area contributed by atoms with Crippen LogP contribution in [0.3, 0.4) is 0 Å². The lowest BCUT2D eigenvalue weighted by molar-refractivity contribution is -0.119. The molecule has 4 nitrogen and oxygen atoms in total. The molecule has 0 saturated carbocycles. The van der Waals surface area contributed by atoms with Gasteiger partial charge in [0, 0.05) is 16.5 Å². The van der Waals surface area contributed by atoms with Crippen molar-refractivity contribution in [2.24, 2.45) is 0 Å². The standard InChI is InChI=1S/C14H14Cl2N2O2/c1-3-11(8(2)19)14-17-13(18-20-14)6-9-4-5-10(15)7-12(9)16/h4-5,7,11H,3,6H2,1-2H3. The summed E-state index contributed by atoms with van der Waals surface area (Å²) in [4.78, 5) is 15.7. The molecule has 0 aliphatic rings. The van der Waals surface area contributed by atoms with Crippen molar-refractivity contribution >= 4 is 29.0 Å². The van der Waals surface area contributed by atoms with E-state index in [0.717, 1.165) is 5.56 Å². The average Bonchev–Trinajstić information content (AvgIpc) is 2.81. The summed E-state index contributed by atoms with van der Waals surface area (Å²) in [6.07, 6.45) is 1.08. The van der Waals surface area contributed by atoms with Crippen molar-refractivity contribution in [2.45, 2.75) is 32.6 Å². The Morgan fingerprint density at radius 3 is 2.75 bits per heavy atom. The first-order valence-corrected chi connectivity index (χ1v) is 7.03. The van der Waals surface area contributed by atoms with E-state index in [9.17, 15) is 4.79 Å². The molecule has 0 N–H and O–H groups in total. The zero-order chi connectivity index (χ0) is 14.7. The van der Waals surface area contributed by atoms with E-state index in [-0.39, 0.29) is 11.7 Å². The molecule has 1 atom stereocenters. The Labute approximate surface area is 127 Å². The minimum atomic E-state index is -0.336. The molecule has 0 fully saturated rings. The van der Waals surface area contributed by atoms with E-state index < -0.39 is 0 Å². The van der Waals surface area contributed by atoms with Gasteiger partial charge < -0.3 is 4.52 Å². The van der Waals surface area contributed by atoms with E-state index in [0.29, 0.717) is 34.6 Å². The fourth-order valence-corrected chi connectivity index (χ4v) is 2.43. The third kappa shape index (κ3) is 3.38. The minimum absolute atomic E-state index is 0.0206. The Hall–Kier alpha value is -1.39. The molecule has 0 saturated heterocycles. The molecule has 0 radical (unpaired) electrons. The predicted octanol–water partition coefficient (Wildman–Crippen LogP) is 4.05.